The van der Waals surface area contributed by atoms with Gasteiger partial charge in [-0.2, -0.15) is 4.98 Å². The lowest BCUT2D eigenvalue weighted by atomic mass is 10.2. The van der Waals surface area contributed by atoms with Crippen LogP contribution in [0.25, 0.3) is 0 Å². The van der Waals surface area contributed by atoms with Crippen LogP contribution in [0.5, 0.6) is 6.01 Å². The predicted octanol–water partition coefficient (Wildman–Crippen LogP) is 2.67. The minimum atomic E-state index is -3.76. The van der Waals surface area contributed by atoms with Crippen molar-refractivity contribution in [3.63, 3.8) is 0 Å². The summed E-state index contributed by atoms with van der Waals surface area (Å²) < 4.78 is 38.3. The Balaban J connectivity index is 1.62. The Morgan fingerprint density at radius 3 is 2.62 bits per heavy atom. The zero-order chi connectivity index (χ0) is 21.1. The average molecular weight is 420 g/mol. The molecule has 2 aromatic rings. The van der Waals surface area contributed by atoms with E-state index in [9.17, 15) is 13.2 Å². The van der Waals surface area contributed by atoms with Crippen molar-refractivity contribution in [2.24, 2.45) is 0 Å². The molecule has 3 rings (SSSR count). The number of likely N-dealkylation sites (tertiary alicyclic amines) is 1. The molecule has 1 saturated heterocycles. The number of hydrogen-bond acceptors (Lipinski definition) is 7. The largest absolute Gasteiger partial charge is 0.458 e. The van der Waals surface area contributed by atoms with Crippen LogP contribution in [-0.4, -0.2) is 54.2 Å². The number of carbonyl (C=O) groups excluding carboxylic acids is 1. The lowest BCUT2D eigenvalue weighted by Crippen LogP contribution is -2.36. The highest BCUT2D eigenvalue weighted by atomic mass is 32.2. The summed E-state index contributed by atoms with van der Waals surface area (Å²) in [6.45, 7) is 6.28. The Hall–Kier alpha value is -2.88. The predicted molar refractivity (Wildman–Crippen MR) is 106 cm³/mol. The van der Waals surface area contributed by atoms with E-state index < -0.39 is 21.7 Å². The third-order valence-corrected chi connectivity index (χ3v) is 5.37. The first kappa shape index (κ1) is 20.8. The van der Waals surface area contributed by atoms with Crippen LogP contribution in [0.3, 0.4) is 0 Å². The minimum absolute atomic E-state index is 0.0364. The summed E-state index contributed by atoms with van der Waals surface area (Å²) in [6, 6.07) is 9.47. The first-order valence-corrected chi connectivity index (χ1v) is 10.7. The maximum absolute atomic E-state index is 12.4. The lowest BCUT2D eigenvalue weighted by molar-refractivity contribution is 0.0274. The summed E-state index contributed by atoms with van der Waals surface area (Å²) in [6.07, 6.45) is 1.31. The summed E-state index contributed by atoms with van der Waals surface area (Å²) in [5.74, 6) is 0.0980. The molecule has 0 bridgehead atoms. The number of sulfonamides is 1. The maximum Gasteiger partial charge on any atom is 0.410 e. The molecule has 1 aliphatic rings. The van der Waals surface area contributed by atoms with Crippen LogP contribution in [-0.2, 0) is 14.8 Å². The van der Waals surface area contributed by atoms with E-state index in [4.69, 9.17) is 9.47 Å². The molecule has 1 unspecified atom stereocenters. The molecule has 0 aliphatic carbocycles. The zero-order valence-electron chi connectivity index (χ0n) is 16.5. The number of nitrogens with zero attached hydrogens (tertiary/aromatic N) is 3. The van der Waals surface area contributed by atoms with Gasteiger partial charge < -0.3 is 14.4 Å². The Morgan fingerprint density at radius 2 is 1.93 bits per heavy atom. The standard InChI is InChI=1S/C19H24N4O5S/c1-19(2,3)28-18(24)23-12-10-14(13-23)27-17-20-11-9-16(21-17)22-29(25,26)15-7-5-4-6-8-15/h4-9,11,14H,10,12-13H2,1-3H3,(H,20,21,22). The molecule has 0 radical (unpaired) electrons. The van der Waals surface area contributed by atoms with Gasteiger partial charge in [-0.05, 0) is 32.9 Å². The van der Waals surface area contributed by atoms with Crippen molar-refractivity contribution in [1.82, 2.24) is 14.9 Å². The summed E-state index contributed by atoms with van der Waals surface area (Å²) in [4.78, 5) is 22.0. The average Bonchev–Trinajstić information content (AvgIpc) is 3.10. The number of nitrogens with one attached hydrogen (secondary N) is 1. The second-order valence-corrected chi connectivity index (χ2v) is 9.28. The highest BCUT2D eigenvalue weighted by Gasteiger charge is 2.31. The fourth-order valence-corrected chi connectivity index (χ4v) is 3.74. The number of aromatic nitrogens is 2. The molecule has 0 spiro atoms. The summed E-state index contributed by atoms with van der Waals surface area (Å²) >= 11 is 0. The topological polar surface area (TPSA) is 111 Å². The highest BCUT2D eigenvalue weighted by Crippen LogP contribution is 2.20. The Kier molecular flexibility index (Phi) is 5.92. The quantitative estimate of drug-likeness (QED) is 0.791. The molecule has 0 saturated carbocycles. The molecular weight excluding hydrogens is 396 g/mol. The number of benzene rings is 1. The number of hydrogen-bond donors (Lipinski definition) is 1. The number of amides is 1. The Labute approximate surface area is 170 Å². The second-order valence-electron chi connectivity index (χ2n) is 7.60. The molecule has 1 atom stereocenters. The normalized spacial score (nSPS) is 17.1. The van der Waals surface area contributed by atoms with Crippen LogP contribution < -0.4 is 9.46 Å². The van der Waals surface area contributed by atoms with Gasteiger partial charge in [-0.25, -0.2) is 18.2 Å². The van der Waals surface area contributed by atoms with Crippen molar-refractivity contribution in [2.75, 3.05) is 17.8 Å². The van der Waals surface area contributed by atoms with Crippen LogP contribution in [0.15, 0.2) is 47.5 Å². The van der Waals surface area contributed by atoms with E-state index in [0.29, 0.717) is 19.5 Å². The molecule has 1 aromatic heterocycles. The Bertz CT molecular complexity index is 960. The van der Waals surface area contributed by atoms with Crippen molar-refractivity contribution in [3.05, 3.63) is 42.6 Å². The number of anilines is 1. The van der Waals surface area contributed by atoms with Crippen molar-refractivity contribution >= 4 is 21.9 Å². The van der Waals surface area contributed by atoms with Gasteiger partial charge in [0.05, 0.1) is 11.4 Å². The van der Waals surface area contributed by atoms with Gasteiger partial charge in [-0.1, -0.05) is 18.2 Å². The molecule has 10 heteroatoms. The van der Waals surface area contributed by atoms with Gasteiger partial charge in [0, 0.05) is 25.2 Å². The molecular formula is C19H24N4O5S. The third kappa shape index (κ3) is 5.80. The molecule has 29 heavy (non-hydrogen) atoms. The molecule has 1 aliphatic heterocycles. The Morgan fingerprint density at radius 1 is 1.21 bits per heavy atom. The van der Waals surface area contributed by atoms with E-state index in [1.807, 2.05) is 20.8 Å². The van der Waals surface area contributed by atoms with Gasteiger partial charge in [0.25, 0.3) is 10.0 Å². The summed E-state index contributed by atoms with van der Waals surface area (Å²) in [7, 11) is -3.76. The summed E-state index contributed by atoms with van der Waals surface area (Å²) in [5.41, 5.74) is -0.566. The third-order valence-electron chi connectivity index (χ3n) is 3.99. The van der Waals surface area contributed by atoms with Crippen molar-refractivity contribution in [1.29, 1.82) is 0 Å². The molecule has 2 heterocycles. The minimum Gasteiger partial charge on any atom is -0.458 e. The molecule has 1 fully saturated rings. The fourth-order valence-electron chi connectivity index (χ4n) is 2.72. The van der Waals surface area contributed by atoms with E-state index in [0.717, 1.165) is 0 Å². The second kappa shape index (κ2) is 8.24. The van der Waals surface area contributed by atoms with E-state index in [2.05, 4.69) is 14.7 Å². The van der Waals surface area contributed by atoms with E-state index in [1.165, 1.54) is 24.4 Å². The fraction of sp³-hybridized carbons (Fsp3) is 0.421. The van der Waals surface area contributed by atoms with Gasteiger partial charge in [-0.15, -0.1) is 0 Å². The van der Waals surface area contributed by atoms with Crippen LogP contribution >= 0.6 is 0 Å². The maximum atomic E-state index is 12.4. The van der Waals surface area contributed by atoms with Crippen LogP contribution in [0.4, 0.5) is 10.6 Å². The van der Waals surface area contributed by atoms with Crippen molar-refractivity contribution in [3.8, 4) is 6.01 Å². The first-order valence-electron chi connectivity index (χ1n) is 9.18. The van der Waals surface area contributed by atoms with Crippen molar-refractivity contribution in [2.45, 2.75) is 43.8 Å². The van der Waals surface area contributed by atoms with Gasteiger partial charge in [0.15, 0.2) is 0 Å². The van der Waals surface area contributed by atoms with E-state index in [1.54, 1.807) is 23.1 Å². The van der Waals surface area contributed by atoms with Gasteiger partial charge >= 0.3 is 12.1 Å². The van der Waals surface area contributed by atoms with Gasteiger partial charge in [0.1, 0.15) is 17.5 Å². The smallest absolute Gasteiger partial charge is 0.410 e. The lowest BCUT2D eigenvalue weighted by Gasteiger charge is -2.24. The number of rotatable bonds is 5. The van der Waals surface area contributed by atoms with Gasteiger partial charge in [0.2, 0.25) is 0 Å². The highest BCUT2D eigenvalue weighted by molar-refractivity contribution is 7.92. The van der Waals surface area contributed by atoms with E-state index >= 15 is 0 Å². The number of ether oxygens (including phenoxy) is 2. The van der Waals surface area contributed by atoms with E-state index in [-0.39, 0.29) is 22.8 Å². The number of carbonyl (C=O) groups is 1. The molecule has 156 valence electrons. The SMILES string of the molecule is CC(C)(C)OC(=O)N1CCC(Oc2nccc(NS(=O)(=O)c3ccccc3)n2)C1. The zero-order valence-corrected chi connectivity index (χ0v) is 17.3. The van der Waals surface area contributed by atoms with Crippen LogP contribution in [0, 0.1) is 0 Å². The summed E-state index contributed by atoms with van der Waals surface area (Å²) in [5, 5.41) is 0. The van der Waals surface area contributed by atoms with Gasteiger partial charge in [-0.3, -0.25) is 4.72 Å². The molecule has 9 nitrogen and oxygen atoms in total. The molecule has 1 aromatic carbocycles. The van der Waals surface area contributed by atoms with Crippen molar-refractivity contribution < 1.29 is 22.7 Å². The molecule has 1 amide bonds. The van der Waals surface area contributed by atoms with Crippen LogP contribution in [0.1, 0.15) is 27.2 Å². The van der Waals surface area contributed by atoms with Crippen LogP contribution in [0.2, 0.25) is 0 Å². The molecule has 1 N–H and O–H groups in total. The first-order chi connectivity index (χ1) is 13.6. The monoisotopic (exact) mass is 420 g/mol.